The molecule has 1 aromatic heterocycles. The summed E-state index contributed by atoms with van der Waals surface area (Å²) >= 11 is 0. The zero-order valence-electron chi connectivity index (χ0n) is 18.0. The van der Waals surface area contributed by atoms with Crippen LogP contribution in [0.5, 0.6) is 11.5 Å². The van der Waals surface area contributed by atoms with Crippen LogP contribution in [-0.4, -0.2) is 106 Å². The Morgan fingerprint density at radius 1 is 1.06 bits per heavy atom. The van der Waals surface area contributed by atoms with E-state index in [9.17, 15) is 35.4 Å². The summed E-state index contributed by atoms with van der Waals surface area (Å²) in [6, 6.07) is 5.84. The summed E-state index contributed by atoms with van der Waals surface area (Å²) in [7, 11) is 1.32. The largest absolute Gasteiger partial charge is 0.490 e. The van der Waals surface area contributed by atoms with E-state index in [4.69, 9.17) is 28.1 Å². The average molecular weight is 486 g/mol. The maximum Gasteiger partial charge on any atom is 0.336 e. The van der Waals surface area contributed by atoms with Crippen molar-refractivity contribution in [2.24, 2.45) is 0 Å². The standard InChI is InChI=1S/C21H26O13/c1-29-17-10(4-2-9-3-5-12(23)34-16(9)17)32-19-15(26)14(25)13(24)11(33-19)6-30-20-18(27)21(28,7-22)8-31-20/h2-5,11,13-15,18-20,22,24-28H,6-8H2,1H3/t11-,13-,14+,15-,18+,19-,20?,21-/m1/s1. The smallest absolute Gasteiger partial charge is 0.336 e. The maximum atomic E-state index is 11.6. The van der Waals surface area contributed by atoms with Crippen molar-refractivity contribution in [1.82, 2.24) is 0 Å². The molecule has 4 rings (SSSR count). The fourth-order valence-electron chi connectivity index (χ4n) is 3.78. The summed E-state index contributed by atoms with van der Waals surface area (Å²) in [5.74, 6) is 0.0735. The van der Waals surface area contributed by atoms with Crippen LogP contribution in [0, 0.1) is 0 Å². The van der Waals surface area contributed by atoms with E-state index >= 15 is 0 Å². The first kappa shape index (κ1) is 24.8. The lowest BCUT2D eigenvalue weighted by atomic mass is 9.99. The Morgan fingerprint density at radius 3 is 2.47 bits per heavy atom. The number of methoxy groups -OCH3 is 1. The Balaban J connectivity index is 1.50. The molecule has 2 aliphatic rings. The second-order valence-electron chi connectivity index (χ2n) is 8.12. The number of rotatable bonds is 7. The van der Waals surface area contributed by atoms with Gasteiger partial charge in [0.25, 0.3) is 0 Å². The van der Waals surface area contributed by atoms with E-state index < -0.39 is 67.5 Å². The Hall–Kier alpha value is -2.33. The second kappa shape index (κ2) is 9.73. The van der Waals surface area contributed by atoms with E-state index in [-0.39, 0.29) is 23.7 Å². The van der Waals surface area contributed by atoms with Gasteiger partial charge in [0.1, 0.15) is 36.1 Å². The topological polar surface area (TPSA) is 198 Å². The zero-order valence-corrected chi connectivity index (χ0v) is 18.0. The number of aliphatic hydroxyl groups excluding tert-OH is 5. The van der Waals surface area contributed by atoms with Gasteiger partial charge in [0, 0.05) is 11.5 Å². The minimum Gasteiger partial charge on any atom is -0.490 e. The molecule has 3 heterocycles. The van der Waals surface area contributed by atoms with Gasteiger partial charge >= 0.3 is 5.63 Å². The van der Waals surface area contributed by atoms with Crippen LogP contribution in [0.15, 0.2) is 33.5 Å². The van der Waals surface area contributed by atoms with Gasteiger partial charge in [-0.25, -0.2) is 4.79 Å². The predicted molar refractivity (Wildman–Crippen MR) is 110 cm³/mol. The lowest BCUT2D eigenvalue weighted by molar-refractivity contribution is -0.289. The van der Waals surface area contributed by atoms with E-state index in [2.05, 4.69) is 0 Å². The molecule has 34 heavy (non-hydrogen) atoms. The number of fused-ring (bicyclic) bond motifs is 1. The van der Waals surface area contributed by atoms with Crippen LogP contribution in [0.4, 0.5) is 0 Å². The van der Waals surface area contributed by atoms with Crippen LogP contribution in [0.25, 0.3) is 11.0 Å². The van der Waals surface area contributed by atoms with Crippen LogP contribution in [0.2, 0.25) is 0 Å². The van der Waals surface area contributed by atoms with E-state index in [1.807, 2.05) is 0 Å². The normalized spacial score (nSPS) is 36.0. The number of hydrogen-bond donors (Lipinski definition) is 6. The lowest BCUT2D eigenvalue weighted by Crippen LogP contribution is -2.60. The highest BCUT2D eigenvalue weighted by molar-refractivity contribution is 5.85. The highest BCUT2D eigenvalue weighted by Gasteiger charge is 2.50. The van der Waals surface area contributed by atoms with Crippen molar-refractivity contribution in [1.29, 1.82) is 0 Å². The third-order valence-electron chi connectivity index (χ3n) is 5.83. The highest BCUT2D eigenvalue weighted by Crippen LogP contribution is 2.37. The van der Waals surface area contributed by atoms with Crippen LogP contribution in [0.1, 0.15) is 0 Å². The minimum absolute atomic E-state index is 0.0271. The number of hydrogen-bond acceptors (Lipinski definition) is 13. The number of ether oxygens (including phenoxy) is 5. The molecule has 0 bridgehead atoms. The predicted octanol–water partition coefficient (Wildman–Crippen LogP) is -2.55. The van der Waals surface area contributed by atoms with Crippen LogP contribution in [-0.2, 0) is 14.2 Å². The molecule has 6 N–H and O–H groups in total. The van der Waals surface area contributed by atoms with Crippen molar-refractivity contribution in [2.45, 2.75) is 48.7 Å². The average Bonchev–Trinajstić information content (AvgIpc) is 3.12. The molecule has 0 aliphatic carbocycles. The molecule has 13 nitrogen and oxygen atoms in total. The van der Waals surface area contributed by atoms with E-state index in [1.54, 1.807) is 6.07 Å². The Bertz CT molecular complexity index is 1060. The fraction of sp³-hybridized carbons (Fsp3) is 0.571. The summed E-state index contributed by atoms with van der Waals surface area (Å²) in [4.78, 5) is 11.6. The maximum absolute atomic E-state index is 11.6. The van der Waals surface area contributed by atoms with Crippen molar-refractivity contribution in [2.75, 3.05) is 26.9 Å². The van der Waals surface area contributed by atoms with Gasteiger partial charge in [-0.3, -0.25) is 0 Å². The fourth-order valence-corrected chi connectivity index (χ4v) is 3.78. The quantitative estimate of drug-likeness (QED) is 0.224. The Labute approximate surface area is 192 Å². The molecular weight excluding hydrogens is 460 g/mol. The summed E-state index contributed by atoms with van der Waals surface area (Å²) in [6.45, 7) is -1.57. The molecule has 2 saturated heterocycles. The molecular formula is C21H26O13. The van der Waals surface area contributed by atoms with Crippen molar-refractivity contribution < 1.29 is 58.7 Å². The van der Waals surface area contributed by atoms with E-state index in [1.165, 1.54) is 25.3 Å². The molecule has 2 aliphatic heterocycles. The van der Waals surface area contributed by atoms with E-state index in [0.717, 1.165) is 0 Å². The monoisotopic (exact) mass is 486 g/mol. The molecule has 8 atom stereocenters. The SMILES string of the molecule is COc1c(O[C@@H]2O[C@H](COC3OC[C@](O)(CO)[C@H]3O)[C@@H](O)[C@H](O)[C@H]2O)ccc2ccc(=O)oc12. The van der Waals surface area contributed by atoms with Gasteiger partial charge in [0.15, 0.2) is 17.6 Å². The number of aliphatic hydroxyl groups is 6. The molecule has 1 aromatic carbocycles. The van der Waals surface area contributed by atoms with Gasteiger partial charge < -0.3 is 58.7 Å². The van der Waals surface area contributed by atoms with Gasteiger partial charge in [-0.2, -0.15) is 0 Å². The molecule has 0 radical (unpaired) electrons. The third kappa shape index (κ3) is 4.49. The molecule has 2 aromatic rings. The Morgan fingerprint density at radius 2 is 1.79 bits per heavy atom. The van der Waals surface area contributed by atoms with Gasteiger partial charge in [-0.1, -0.05) is 0 Å². The van der Waals surface area contributed by atoms with Crippen molar-refractivity contribution in [3.8, 4) is 11.5 Å². The third-order valence-corrected chi connectivity index (χ3v) is 5.83. The van der Waals surface area contributed by atoms with Crippen molar-refractivity contribution in [3.63, 3.8) is 0 Å². The molecule has 13 heteroatoms. The molecule has 188 valence electrons. The van der Waals surface area contributed by atoms with Crippen LogP contribution < -0.4 is 15.1 Å². The summed E-state index contributed by atoms with van der Waals surface area (Å²) < 4.78 is 32.3. The first-order chi connectivity index (χ1) is 16.2. The molecule has 1 unspecified atom stereocenters. The minimum atomic E-state index is -1.90. The molecule has 0 amide bonds. The number of benzene rings is 1. The zero-order chi connectivity index (χ0) is 24.6. The summed E-state index contributed by atoms with van der Waals surface area (Å²) in [6.07, 6.45) is -10.6. The second-order valence-corrected chi connectivity index (χ2v) is 8.12. The van der Waals surface area contributed by atoms with Crippen LogP contribution >= 0.6 is 0 Å². The molecule has 2 fully saturated rings. The first-order valence-electron chi connectivity index (χ1n) is 10.4. The van der Waals surface area contributed by atoms with Crippen molar-refractivity contribution in [3.05, 3.63) is 34.7 Å². The van der Waals surface area contributed by atoms with Gasteiger partial charge in [-0.05, 0) is 18.2 Å². The van der Waals surface area contributed by atoms with Crippen molar-refractivity contribution >= 4 is 11.0 Å². The van der Waals surface area contributed by atoms with Gasteiger partial charge in [-0.15, -0.1) is 0 Å². The molecule has 0 spiro atoms. The molecule has 0 saturated carbocycles. The lowest BCUT2D eigenvalue weighted by Gasteiger charge is -2.40. The van der Waals surface area contributed by atoms with Crippen LogP contribution in [0.3, 0.4) is 0 Å². The summed E-state index contributed by atoms with van der Waals surface area (Å²) in [5.41, 5.74) is -2.42. The van der Waals surface area contributed by atoms with E-state index in [0.29, 0.717) is 5.39 Å². The van der Waals surface area contributed by atoms with Gasteiger partial charge in [0.2, 0.25) is 12.0 Å². The summed E-state index contributed by atoms with van der Waals surface area (Å²) in [5, 5.41) is 60.9. The first-order valence-corrected chi connectivity index (χ1v) is 10.4. The highest BCUT2D eigenvalue weighted by atomic mass is 16.7. The Kier molecular flexibility index (Phi) is 7.09. The van der Waals surface area contributed by atoms with Gasteiger partial charge in [0.05, 0.1) is 26.9 Å².